The first-order chi connectivity index (χ1) is 26.2. The van der Waals surface area contributed by atoms with Crippen molar-refractivity contribution < 1.29 is 9.35 Å². The van der Waals surface area contributed by atoms with Gasteiger partial charge in [0.2, 0.25) is 22.4 Å². The zero-order valence-electron chi connectivity index (χ0n) is 29.1. The van der Waals surface area contributed by atoms with Crippen LogP contribution in [0.4, 0.5) is 11.4 Å². The Morgan fingerprint density at radius 2 is 1.19 bits per heavy atom. The largest absolute Gasteiger partial charge is 0.358 e. The molecule has 53 heavy (non-hydrogen) atoms. The number of aromatic nitrogens is 5. The maximum absolute atomic E-state index is 5.15. The molecule has 7 heterocycles. The first-order valence-electron chi connectivity index (χ1n) is 18.7. The lowest BCUT2D eigenvalue weighted by molar-refractivity contribution is -1.000. The molecule has 6 nitrogen and oxygen atoms in total. The van der Waals surface area contributed by atoms with E-state index in [4.69, 9.17) is 4.98 Å². The third-order valence-corrected chi connectivity index (χ3v) is 13.0. The van der Waals surface area contributed by atoms with E-state index in [1.165, 1.54) is 94.6 Å². The van der Waals surface area contributed by atoms with Crippen LogP contribution < -0.4 is 14.1 Å². The monoisotopic (exact) mass is 679 g/mol. The summed E-state index contributed by atoms with van der Waals surface area (Å²) < 4.78 is 10.8. The quantitative estimate of drug-likeness (QED) is 0.0966. The van der Waals surface area contributed by atoms with Crippen molar-refractivity contribution in [2.75, 3.05) is 0 Å². The molecule has 246 valence electrons. The summed E-state index contributed by atoms with van der Waals surface area (Å²) in [7, 11) is 0. The molecule has 4 aromatic heterocycles. The third kappa shape index (κ3) is 2.54. The van der Waals surface area contributed by atoms with Crippen molar-refractivity contribution in [1.29, 1.82) is 0 Å². The van der Waals surface area contributed by atoms with Crippen LogP contribution in [0.15, 0.2) is 146 Å². The topological polar surface area (TPSA) is 30.0 Å². The predicted octanol–water partition coefficient (Wildman–Crippen LogP) is 9.44. The van der Waals surface area contributed by atoms with Crippen LogP contribution in [0.25, 0.3) is 72.0 Å². The van der Waals surface area contributed by atoms with E-state index in [-0.39, 0.29) is 6.04 Å². The third-order valence-electron chi connectivity index (χ3n) is 13.0. The number of hydrogen-bond donors (Lipinski definition) is 0. The SMILES string of the molecule is CC(C)n1c2[n+](c3ccccc31)[N+]13c4c-2cccc4C2(c4ccccc4-c4ccccc42)c2ccc4c5ncccc5n5c6ccccc6[n+]1c5c4c23. The van der Waals surface area contributed by atoms with E-state index in [1.807, 2.05) is 6.20 Å². The van der Waals surface area contributed by atoms with Crippen LogP contribution in [0, 0.1) is 0 Å². The summed E-state index contributed by atoms with van der Waals surface area (Å²) in [5.41, 5.74) is 19.6. The molecule has 0 saturated heterocycles. The Bertz CT molecular complexity index is 3350. The van der Waals surface area contributed by atoms with Gasteiger partial charge in [0.25, 0.3) is 0 Å². The second-order valence-corrected chi connectivity index (χ2v) is 15.4. The van der Waals surface area contributed by atoms with Crippen molar-refractivity contribution in [2.45, 2.75) is 25.3 Å². The van der Waals surface area contributed by atoms with Crippen LogP contribution in [-0.2, 0) is 5.41 Å². The van der Waals surface area contributed by atoms with E-state index in [0.29, 0.717) is 4.70 Å². The van der Waals surface area contributed by atoms with Crippen molar-refractivity contribution in [3.63, 3.8) is 0 Å². The first kappa shape index (κ1) is 27.1. The van der Waals surface area contributed by atoms with Crippen molar-refractivity contribution >= 4 is 60.9 Å². The lowest BCUT2D eigenvalue weighted by Crippen LogP contribution is -2.82. The second-order valence-electron chi connectivity index (χ2n) is 15.4. The normalized spacial score (nSPS) is 17.6. The number of imidazole rings is 2. The number of hydrogen-bond acceptors (Lipinski definition) is 1. The summed E-state index contributed by atoms with van der Waals surface area (Å²) in [6, 6.07) is 52.9. The highest BCUT2D eigenvalue weighted by Gasteiger charge is 2.74. The van der Waals surface area contributed by atoms with Gasteiger partial charge in [-0.2, -0.15) is 4.40 Å². The zero-order valence-corrected chi connectivity index (χ0v) is 29.1. The number of benzene rings is 6. The molecule has 14 rings (SSSR count). The first-order valence-corrected chi connectivity index (χ1v) is 18.7. The molecule has 6 aromatic carbocycles. The van der Waals surface area contributed by atoms with Gasteiger partial charge in [0, 0.05) is 32.1 Å². The van der Waals surface area contributed by atoms with Gasteiger partial charge in [-0.3, -0.25) is 4.98 Å². The minimum absolute atomic E-state index is 0.233. The van der Waals surface area contributed by atoms with Crippen molar-refractivity contribution in [2.24, 2.45) is 0 Å². The highest BCUT2D eigenvalue weighted by atomic mass is 15.9. The average Bonchev–Trinajstić information content (AvgIpc) is 3.97. The van der Waals surface area contributed by atoms with Crippen molar-refractivity contribution in [1.82, 2.24) is 18.7 Å². The fourth-order valence-electron chi connectivity index (χ4n) is 11.5. The Kier molecular flexibility index (Phi) is 4.35. The molecule has 1 unspecified atom stereocenters. The minimum Gasteiger partial charge on any atom is -0.252 e. The maximum atomic E-state index is 5.15. The van der Waals surface area contributed by atoms with Crippen LogP contribution in [0.2, 0.25) is 0 Å². The van der Waals surface area contributed by atoms with Crippen LogP contribution in [0.3, 0.4) is 0 Å². The molecule has 2 spiro atoms. The molecule has 4 aliphatic rings. The van der Waals surface area contributed by atoms with E-state index < -0.39 is 5.41 Å². The smallest absolute Gasteiger partial charge is 0.252 e. The maximum Gasteiger partial charge on any atom is 0.358 e. The van der Waals surface area contributed by atoms with Gasteiger partial charge in [-0.15, -0.1) is 0 Å². The summed E-state index contributed by atoms with van der Waals surface area (Å²) in [6.07, 6.45) is 1.95. The fraction of sp³-hybridized carbons (Fsp3) is 0.0851. The van der Waals surface area contributed by atoms with Crippen LogP contribution >= 0.6 is 0 Å². The van der Waals surface area contributed by atoms with Crippen LogP contribution in [0.1, 0.15) is 42.1 Å². The van der Waals surface area contributed by atoms with E-state index in [9.17, 15) is 0 Å². The highest BCUT2D eigenvalue weighted by molar-refractivity contribution is 6.19. The highest BCUT2D eigenvalue weighted by Crippen LogP contribution is 2.68. The van der Waals surface area contributed by atoms with E-state index in [0.717, 1.165) is 11.0 Å². The number of fused-ring (bicyclic) bond motifs is 17. The van der Waals surface area contributed by atoms with E-state index in [2.05, 4.69) is 172 Å². The molecular weight excluding hydrogens is 649 g/mol. The van der Waals surface area contributed by atoms with Crippen molar-refractivity contribution in [3.8, 4) is 22.5 Å². The molecule has 0 N–H and O–H groups in total. The predicted molar refractivity (Wildman–Crippen MR) is 209 cm³/mol. The summed E-state index contributed by atoms with van der Waals surface area (Å²) in [6.45, 7) is 4.65. The fourth-order valence-corrected chi connectivity index (χ4v) is 11.5. The van der Waals surface area contributed by atoms with Gasteiger partial charge in [0.15, 0.2) is 16.6 Å². The van der Waals surface area contributed by atoms with Gasteiger partial charge in [-0.25, -0.2) is 4.57 Å². The number of rotatable bonds is 1. The van der Waals surface area contributed by atoms with E-state index >= 15 is 0 Å². The Hall–Kier alpha value is -6.63. The van der Waals surface area contributed by atoms with Gasteiger partial charge in [-0.05, 0) is 78.6 Å². The molecule has 1 aliphatic carbocycles. The van der Waals surface area contributed by atoms with Crippen molar-refractivity contribution in [3.05, 3.63) is 168 Å². The molecule has 0 fully saturated rings. The molecule has 0 radical (unpaired) electrons. The Morgan fingerprint density at radius 3 is 1.96 bits per heavy atom. The summed E-state index contributed by atoms with van der Waals surface area (Å²) in [4.78, 5) is 5.15. The molecule has 0 bridgehead atoms. The summed E-state index contributed by atoms with van der Waals surface area (Å²) in [5, 5.41) is 2.46. The second kappa shape index (κ2) is 8.52. The number of nitrogens with zero attached hydrogens (tertiary/aromatic N) is 6. The number of quaternary nitrogens is 1. The van der Waals surface area contributed by atoms with E-state index in [1.54, 1.807) is 0 Å². The summed E-state index contributed by atoms with van der Waals surface area (Å²) >= 11 is 0. The number of pyridine rings is 2. The van der Waals surface area contributed by atoms with Gasteiger partial charge >= 0.3 is 11.5 Å². The zero-order chi connectivity index (χ0) is 34.5. The molecule has 0 saturated carbocycles. The standard InChI is InChI=1S/C47H31N6/c1-27(2)49-36-19-7-9-21-38(36)51-45(49)31-15-11-18-34-43(31)53(51)44-35(47(34)32-16-5-3-13-28(32)29-14-4-6-17-33(29)47)25-24-30-41(44)46-50(40-23-12-26-48-42(30)40)37-20-8-10-22-39(37)52(46)53/h3-27H,1-2H3/q+3. The lowest BCUT2D eigenvalue weighted by atomic mass is 9.64. The van der Waals surface area contributed by atoms with Crippen LogP contribution in [-0.4, -0.2) is 14.0 Å². The molecule has 10 aromatic rings. The van der Waals surface area contributed by atoms with Gasteiger partial charge in [0.05, 0.1) is 16.2 Å². The molecule has 3 aliphatic heterocycles. The molecule has 1 atom stereocenters. The Balaban J connectivity index is 1.35. The lowest BCUT2D eigenvalue weighted by Gasteiger charge is -2.40. The van der Waals surface area contributed by atoms with Gasteiger partial charge in [0.1, 0.15) is 16.5 Å². The molecule has 6 heteroatoms. The van der Waals surface area contributed by atoms with Gasteiger partial charge < -0.3 is 0 Å². The Morgan fingerprint density at radius 1 is 0.566 bits per heavy atom. The molecular formula is C47H31N6+3. The van der Waals surface area contributed by atoms with Crippen LogP contribution in [0.5, 0.6) is 0 Å². The minimum atomic E-state index is -0.526. The Labute approximate surface area is 303 Å². The average molecular weight is 680 g/mol. The van der Waals surface area contributed by atoms with Gasteiger partial charge in [-0.1, -0.05) is 97.1 Å². The number of para-hydroxylation sites is 5. The summed E-state index contributed by atoms with van der Waals surface area (Å²) in [5.74, 6) is 1.24. The molecule has 0 amide bonds.